The van der Waals surface area contributed by atoms with Gasteiger partial charge in [0.05, 0.1) is 0 Å². The van der Waals surface area contributed by atoms with Crippen molar-refractivity contribution in [2.24, 2.45) is 5.73 Å². The van der Waals surface area contributed by atoms with Gasteiger partial charge in [0.15, 0.2) is 0 Å². The Morgan fingerprint density at radius 2 is 1.94 bits per heavy atom. The molecule has 2 aromatic rings. The van der Waals surface area contributed by atoms with Crippen molar-refractivity contribution in [3.05, 3.63) is 57.8 Å². The van der Waals surface area contributed by atoms with E-state index in [9.17, 15) is 0 Å². The molecule has 2 heteroatoms. The van der Waals surface area contributed by atoms with Crippen LogP contribution in [0, 0.1) is 6.92 Å². The van der Waals surface area contributed by atoms with Crippen molar-refractivity contribution in [1.29, 1.82) is 0 Å². The summed E-state index contributed by atoms with van der Waals surface area (Å²) in [4.78, 5) is 1.47. The first kappa shape index (κ1) is 13.3. The van der Waals surface area contributed by atoms with Crippen molar-refractivity contribution >= 4 is 11.3 Å². The van der Waals surface area contributed by atoms with E-state index in [1.807, 2.05) is 11.3 Å². The van der Waals surface area contributed by atoms with Crippen LogP contribution in [0.2, 0.25) is 0 Å². The van der Waals surface area contributed by atoms with E-state index in [1.54, 1.807) is 0 Å². The molecule has 96 valence electrons. The maximum atomic E-state index is 6.19. The second-order valence-corrected chi connectivity index (χ2v) is 5.95. The standard InChI is InChI=1S/C16H21NS/c1-13-7-9-14(10-8-13)12-15(17)4-2-5-16-6-3-11-18-16/h3,6-11,15H,2,4-5,12,17H2,1H3. The Morgan fingerprint density at radius 1 is 1.17 bits per heavy atom. The molecule has 2 rings (SSSR count). The molecular formula is C16H21NS. The Balaban J connectivity index is 1.71. The summed E-state index contributed by atoms with van der Waals surface area (Å²) in [6, 6.07) is 13.3. The maximum Gasteiger partial charge on any atom is 0.00794 e. The highest BCUT2D eigenvalue weighted by atomic mass is 32.1. The minimum atomic E-state index is 0.285. The number of rotatable bonds is 6. The fourth-order valence-electron chi connectivity index (χ4n) is 2.12. The number of hydrogen-bond donors (Lipinski definition) is 1. The van der Waals surface area contributed by atoms with E-state index >= 15 is 0 Å². The van der Waals surface area contributed by atoms with Crippen molar-refractivity contribution in [2.75, 3.05) is 0 Å². The molecule has 1 unspecified atom stereocenters. The molecule has 0 saturated heterocycles. The normalized spacial score (nSPS) is 12.6. The molecule has 0 radical (unpaired) electrons. The summed E-state index contributed by atoms with van der Waals surface area (Å²) in [5.41, 5.74) is 8.85. The first-order valence-electron chi connectivity index (χ1n) is 6.57. The third-order valence-electron chi connectivity index (χ3n) is 3.20. The number of hydrogen-bond acceptors (Lipinski definition) is 2. The molecule has 0 aliphatic rings. The molecule has 1 nitrogen and oxygen atoms in total. The van der Waals surface area contributed by atoms with Crippen LogP contribution in [-0.4, -0.2) is 6.04 Å². The molecule has 0 fully saturated rings. The van der Waals surface area contributed by atoms with Crippen molar-refractivity contribution in [3.63, 3.8) is 0 Å². The van der Waals surface area contributed by atoms with Gasteiger partial charge < -0.3 is 5.73 Å². The summed E-state index contributed by atoms with van der Waals surface area (Å²) in [6.45, 7) is 2.12. The second kappa shape index (κ2) is 6.72. The van der Waals surface area contributed by atoms with Gasteiger partial charge in [-0.25, -0.2) is 0 Å². The van der Waals surface area contributed by atoms with Crippen LogP contribution in [0.25, 0.3) is 0 Å². The molecule has 0 bridgehead atoms. The first-order chi connectivity index (χ1) is 8.74. The molecular weight excluding hydrogens is 238 g/mol. The molecule has 0 aliphatic carbocycles. The lowest BCUT2D eigenvalue weighted by Crippen LogP contribution is -2.22. The van der Waals surface area contributed by atoms with E-state index < -0.39 is 0 Å². The van der Waals surface area contributed by atoms with Crippen molar-refractivity contribution in [3.8, 4) is 0 Å². The van der Waals surface area contributed by atoms with E-state index in [0.29, 0.717) is 0 Å². The van der Waals surface area contributed by atoms with Crippen molar-refractivity contribution in [2.45, 2.75) is 38.6 Å². The Kier molecular flexibility index (Phi) is 4.97. The van der Waals surface area contributed by atoms with Crippen molar-refractivity contribution < 1.29 is 0 Å². The topological polar surface area (TPSA) is 26.0 Å². The third-order valence-corrected chi connectivity index (χ3v) is 4.13. The van der Waals surface area contributed by atoms with Gasteiger partial charge in [-0.1, -0.05) is 35.9 Å². The number of nitrogens with two attached hydrogens (primary N) is 1. The van der Waals surface area contributed by atoms with E-state index in [0.717, 1.165) is 12.8 Å². The van der Waals surface area contributed by atoms with Gasteiger partial charge in [-0.05, 0) is 49.6 Å². The van der Waals surface area contributed by atoms with Crippen LogP contribution in [0.3, 0.4) is 0 Å². The third kappa shape index (κ3) is 4.28. The zero-order chi connectivity index (χ0) is 12.8. The smallest absolute Gasteiger partial charge is 0.00794 e. The molecule has 1 aromatic carbocycles. The average Bonchev–Trinajstić information content (AvgIpc) is 2.85. The molecule has 1 heterocycles. The monoisotopic (exact) mass is 259 g/mol. The fraction of sp³-hybridized carbons (Fsp3) is 0.375. The summed E-state index contributed by atoms with van der Waals surface area (Å²) in [5.74, 6) is 0. The fourth-order valence-corrected chi connectivity index (χ4v) is 2.87. The molecule has 0 aliphatic heterocycles. The zero-order valence-corrected chi connectivity index (χ0v) is 11.7. The molecule has 18 heavy (non-hydrogen) atoms. The highest BCUT2D eigenvalue weighted by Gasteiger charge is 2.04. The van der Waals surface area contributed by atoms with Crippen LogP contribution in [0.1, 0.15) is 28.8 Å². The molecule has 0 spiro atoms. The average molecular weight is 259 g/mol. The molecule has 0 saturated carbocycles. The van der Waals surface area contributed by atoms with Crippen LogP contribution >= 0.6 is 11.3 Å². The van der Waals surface area contributed by atoms with E-state index in [-0.39, 0.29) is 6.04 Å². The zero-order valence-electron chi connectivity index (χ0n) is 10.9. The summed E-state index contributed by atoms with van der Waals surface area (Å²) in [6.07, 6.45) is 4.45. The minimum absolute atomic E-state index is 0.285. The van der Waals surface area contributed by atoms with Gasteiger partial charge in [-0.2, -0.15) is 0 Å². The molecule has 1 atom stereocenters. The van der Waals surface area contributed by atoms with Crippen LogP contribution in [0.4, 0.5) is 0 Å². The SMILES string of the molecule is Cc1ccc(CC(N)CCCc2cccs2)cc1. The molecule has 0 amide bonds. The molecule has 2 N–H and O–H groups in total. The van der Waals surface area contributed by atoms with Gasteiger partial charge in [0, 0.05) is 10.9 Å². The van der Waals surface area contributed by atoms with Crippen LogP contribution in [0.5, 0.6) is 0 Å². The van der Waals surface area contributed by atoms with E-state index in [4.69, 9.17) is 5.73 Å². The van der Waals surface area contributed by atoms with Gasteiger partial charge in [-0.3, -0.25) is 0 Å². The van der Waals surface area contributed by atoms with Crippen LogP contribution < -0.4 is 5.73 Å². The van der Waals surface area contributed by atoms with Crippen LogP contribution in [0.15, 0.2) is 41.8 Å². The number of benzene rings is 1. The lowest BCUT2D eigenvalue weighted by atomic mass is 10.0. The lowest BCUT2D eigenvalue weighted by molar-refractivity contribution is 0.582. The Hall–Kier alpha value is -1.12. The van der Waals surface area contributed by atoms with Gasteiger partial charge in [0.25, 0.3) is 0 Å². The predicted molar refractivity (Wildman–Crippen MR) is 80.1 cm³/mol. The van der Waals surface area contributed by atoms with Gasteiger partial charge in [0.2, 0.25) is 0 Å². The van der Waals surface area contributed by atoms with E-state index in [2.05, 4.69) is 48.7 Å². The van der Waals surface area contributed by atoms with Gasteiger partial charge in [0.1, 0.15) is 0 Å². The van der Waals surface area contributed by atoms with Gasteiger partial charge >= 0.3 is 0 Å². The van der Waals surface area contributed by atoms with Gasteiger partial charge in [-0.15, -0.1) is 11.3 Å². The Labute approximate surface area is 114 Å². The van der Waals surface area contributed by atoms with Crippen molar-refractivity contribution in [1.82, 2.24) is 0 Å². The summed E-state index contributed by atoms with van der Waals surface area (Å²) in [7, 11) is 0. The molecule has 1 aromatic heterocycles. The second-order valence-electron chi connectivity index (χ2n) is 4.92. The maximum absolute atomic E-state index is 6.19. The largest absolute Gasteiger partial charge is 0.327 e. The summed E-state index contributed by atoms with van der Waals surface area (Å²) >= 11 is 1.84. The Morgan fingerprint density at radius 3 is 2.61 bits per heavy atom. The Bertz CT molecular complexity index is 444. The highest BCUT2D eigenvalue weighted by molar-refractivity contribution is 7.09. The lowest BCUT2D eigenvalue weighted by Gasteiger charge is -2.11. The number of aryl methyl sites for hydroxylation is 2. The number of thiophene rings is 1. The first-order valence-corrected chi connectivity index (χ1v) is 7.45. The van der Waals surface area contributed by atoms with Crippen LogP contribution in [-0.2, 0) is 12.8 Å². The summed E-state index contributed by atoms with van der Waals surface area (Å²) in [5, 5.41) is 2.14. The van der Waals surface area contributed by atoms with E-state index in [1.165, 1.54) is 28.8 Å². The highest BCUT2D eigenvalue weighted by Crippen LogP contribution is 2.14. The predicted octanol–water partition coefficient (Wildman–Crippen LogP) is 3.95. The summed E-state index contributed by atoms with van der Waals surface area (Å²) < 4.78 is 0. The quantitative estimate of drug-likeness (QED) is 0.835. The minimum Gasteiger partial charge on any atom is -0.327 e.